The highest BCUT2D eigenvalue weighted by Gasteiger charge is 2.16. The van der Waals surface area contributed by atoms with E-state index >= 15 is 0 Å². The SMILES string of the molecule is Cc1nccn1-c1ccc(CNC(=O)c2cncc(CC3CCNC3)c2)cc1. The van der Waals surface area contributed by atoms with Gasteiger partial charge in [-0.2, -0.15) is 0 Å². The summed E-state index contributed by atoms with van der Waals surface area (Å²) in [6.45, 7) is 4.58. The number of nitrogens with zero attached hydrogens (tertiary/aromatic N) is 3. The van der Waals surface area contributed by atoms with Crippen LogP contribution in [0.1, 0.15) is 33.7 Å². The molecule has 2 N–H and O–H groups in total. The number of pyridine rings is 1. The fraction of sp³-hybridized carbons (Fsp3) is 0.318. The number of imidazole rings is 1. The van der Waals surface area contributed by atoms with Crippen LogP contribution in [0.15, 0.2) is 55.1 Å². The van der Waals surface area contributed by atoms with E-state index in [4.69, 9.17) is 0 Å². The largest absolute Gasteiger partial charge is 0.348 e. The van der Waals surface area contributed by atoms with Crippen LogP contribution in [0.5, 0.6) is 0 Å². The van der Waals surface area contributed by atoms with Gasteiger partial charge in [-0.05, 0) is 68.1 Å². The van der Waals surface area contributed by atoms with Gasteiger partial charge in [0.25, 0.3) is 5.91 Å². The lowest BCUT2D eigenvalue weighted by Gasteiger charge is -2.10. The smallest absolute Gasteiger partial charge is 0.253 e. The van der Waals surface area contributed by atoms with E-state index in [-0.39, 0.29) is 5.91 Å². The summed E-state index contributed by atoms with van der Waals surface area (Å²) in [4.78, 5) is 21.0. The summed E-state index contributed by atoms with van der Waals surface area (Å²) in [5.74, 6) is 1.49. The second kappa shape index (κ2) is 8.35. The van der Waals surface area contributed by atoms with Gasteiger partial charge in [0.05, 0.1) is 5.56 Å². The minimum absolute atomic E-state index is 0.0894. The molecule has 2 aromatic heterocycles. The molecule has 1 fully saturated rings. The molecule has 3 heterocycles. The summed E-state index contributed by atoms with van der Waals surface area (Å²) in [6, 6.07) is 10.1. The highest BCUT2D eigenvalue weighted by Crippen LogP contribution is 2.16. The molecule has 1 aliphatic rings. The highest BCUT2D eigenvalue weighted by molar-refractivity contribution is 5.93. The van der Waals surface area contributed by atoms with Gasteiger partial charge in [0.1, 0.15) is 5.82 Å². The van der Waals surface area contributed by atoms with Gasteiger partial charge >= 0.3 is 0 Å². The Hall–Kier alpha value is -2.99. The van der Waals surface area contributed by atoms with Crippen molar-refractivity contribution in [2.75, 3.05) is 13.1 Å². The quantitative estimate of drug-likeness (QED) is 0.695. The molecule has 1 aliphatic heterocycles. The molecule has 1 aromatic carbocycles. The molecule has 3 aromatic rings. The van der Waals surface area contributed by atoms with Crippen LogP contribution >= 0.6 is 0 Å². The number of amides is 1. The van der Waals surface area contributed by atoms with Crippen molar-refractivity contribution in [3.05, 3.63) is 77.6 Å². The number of carbonyl (C=O) groups is 1. The zero-order valence-corrected chi connectivity index (χ0v) is 16.1. The second-order valence-electron chi connectivity index (χ2n) is 7.34. The second-order valence-corrected chi connectivity index (χ2v) is 7.34. The van der Waals surface area contributed by atoms with Crippen molar-refractivity contribution in [2.24, 2.45) is 5.92 Å². The summed E-state index contributed by atoms with van der Waals surface area (Å²) in [6.07, 6.45) is 9.38. The van der Waals surface area contributed by atoms with E-state index < -0.39 is 0 Å². The molecule has 0 bridgehead atoms. The van der Waals surface area contributed by atoms with Crippen molar-refractivity contribution in [1.82, 2.24) is 25.2 Å². The molecule has 0 radical (unpaired) electrons. The van der Waals surface area contributed by atoms with Crippen molar-refractivity contribution in [2.45, 2.75) is 26.3 Å². The summed E-state index contributed by atoms with van der Waals surface area (Å²) >= 11 is 0. The van der Waals surface area contributed by atoms with Gasteiger partial charge in [-0.15, -0.1) is 0 Å². The zero-order valence-electron chi connectivity index (χ0n) is 16.1. The Kier molecular flexibility index (Phi) is 5.48. The predicted octanol–water partition coefficient (Wildman–Crippen LogP) is 2.66. The van der Waals surface area contributed by atoms with Gasteiger partial charge in [-0.1, -0.05) is 12.1 Å². The Morgan fingerprint density at radius 3 is 2.82 bits per heavy atom. The van der Waals surface area contributed by atoms with Crippen molar-refractivity contribution < 1.29 is 4.79 Å². The van der Waals surface area contributed by atoms with E-state index in [0.717, 1.165) is 42.1 Å². The number of nitrogens with one attached hydrogen (secondary N) is 2. The number of rotatable bonds is 6. The molecule has 144 valence electrons. The van der Waals surface area contributed by atoms with Crippen LogP contribution in [-0.2, 0) is 13.0 Å². The maximum atomic E-state index is 12.5. The lowest BCUT2D eigenvalue weighted by molar-refractivity contribution is 0.0950. The Balaban J connectivity index is 1.35. The van der Waals surface area contributed by atoms with E-state index in [1.54, 1.807) is 12.4 Å². The minimum atomic E-state index is -0.0894. The van der Waals surface area contributed by atoms with Crippen LogP contribution in [0.3, 0.4) is 0 Å². The van der Waals surface area contributed by atoms with E-state index in [9.17, 15) is 4.79 Å². The molecular formula is C22H25N5O. The predicted molar refractivity (Wildman–Crippen MR) is 108 cm³/mol. The Bertz CT molecular complexity index is 942. The molecule has 1 amide bonds. The molecule has 0 aliphatic carbocycles. The molecule has 0 spiro atoms. The van der Waals surface area contributed by atoms with Crippen LogP contribution in [0.2, 0.25) is 0 Å². The summed E-state index contributed by atoms with van der Waals surface area (Å²) in [7, 11) is 0. The third-order valence-corrected chi connectivity index (χ3v) is 5.24. The number of hydrogen-bond acceptors (Lipinski definition) is 4. The molecule has 1 saturated heterocycles. The first-order valence-electron chi connectivity index (χ1n) is 9.71. The van der Waals surface area contributed by atoms with Gasteiger partial charge < -0.3 is 15.2 Å². The molecule has 6 heteroatoms. The number of benzene rings is 1. The normalized spacial score (nSPS) is 16.2. The fourth-order valence-electron chi connectivity index (χ4n) is 3.66. The van der Waals surface area contributed by atoms with Crippen LogP contribution in [0.4, 0.5) is 0 Å². The number of aromatic nitrogens is 3. The van der Waals surface area contributed by atoms with Crippen LogP contribution < -0.4 is 10.6 Å². The molecular weight excluding hydrogens is 350 g/mol. The first-order chi connectivity index (χ1) is 13.7. The summed E-state index contributed by atoms with van der Waals surface area (Å²) in [5, 5.41) is 6.37. The first kappa shape index (κ1) is 18.4. The lowest BCUT2D eigenvalue weighted by atomic mass is 9.99. The number of carbonyl (C=O) groups excluding carboxylic acids is 1. The highest BCUT2D eigenvalue weighted by atomic mass is 16.1. The molecule has 1 unspecified atom stereocenters. The number of hydrogen-bond donors (Lipinski definition) is 2. The molecule has 1 atom stereocenters. The van der Waals surface area contributed by atoms with Gasteiger partial charge in [-0.3, -0.25) is 9.78 Å². The Labute approximate surface area is 165 Å². The van der Waals surface area contributed by atoms with Crippen LogP contribution in [0.25, 0.3) is 5.69 Å². The first-order valence-corrected chi connectivity index (χ1v) is 9.71. The maximum Gasteiger partial charge on any atom is 0.253 e. The standard InChI is InChI=1S/C22H25N5O/c1-16-25-8-9-27(16)21-4-2-17(3-5-21)14-26-22(28)20-11-19(13-24-15-20)10-18-6-7-23-12-18/h2-5,8-9,11,13,15,18,23H,6-7,10,12,14H2,1H3,(H,26,28). The van der Waals surface area contributed by atoms with Gasteiger partial charge in [0.2, 0.25) is 0 Å². The Morgan fingerprint density at radius 1 is 1.25 bits per heavy atom. The monoisotopic (exact) mass is 375 g/mol. The van der Waals surface area contributed by atoms with Crippen molar-refractivity contribution in [3.8, 4) is 5.69 Å². The van der Waals surface area contributed by atoms with Gasteiger partial charge in [0, 0.05) is 37.0 Å². The minimum Gasteiger partial charge on any atom is -0.348 e. The van der Waals surface area contributed by atoms with Gasteiger partial charge in [-0.25, -0.2) is 4.98 Å². The molecule has 4 rings (SSSR count). The van der Waals surface area contributed by atoms with Crippen molar-refractivity contribution in [3.63, 3.8) is 0 Å². The van der Waals surface area contributed by atoms with Crippen LogP contribution in [-0.4, -0.2) is 33.5 Å². The van der Waals surface area contributed by atoms with Gasteiger partial charge in [0.15, 0.2) is 0 Å². The van der Waals surface area contributed by atoms with E-state index in [1.165, 1.54) is 6.42 Å². The summed E-state index contributed by atoms with van der Waals surface area (Å²) in [5.41, 5.74) is 3.86. The van der Waals surface area contributed by atoms with E-state index in [2.05, 4.69) is 20.6 Å². The third-order valence-electron chi connectivity index (χ3n) is 5.24. The van der Waals surface area contributed by atoms with E-state index in [1.807, 2.05) is 54.2 Å². The van der Waals surface area contributed by atoms with Crippen LogP contribution in [0, 0.1) is 12.8 Å². The topological polar surface area (TPSA) is 71.8 Å². The molecule has 28 heavy (non-hydrogen) atoms. The van der Waals surface area contributed by atoms with Crippen molar-refractivity contribution >= 4 is 5.91 Å². The zero-order chi connectivity index (χ0) is 19.3. The average Bonchev–Trinajstić information content (AvgIpc) is 3.38. The summed E-state index contributed by atoms with van der Waals surface area (Å²) < 4.78 is 2.03. The maximum absolute atomic E-state index is 12.5. The third kappa shape index (κ3) is 4.28. The van der Waals surface area contributed by atoms with Crippen molar-refractivity contribution in [1.29, 1.82) is 0 Å². The Morgan fingerprint density at radius 2 is 2.11 bits per heavy atom. The molecule has 6 nitrogen and oxygen atoms in total. The number of aryl methyl sites for hydroxylation is 1. The fourth-order valence-corrected chi connectivity index (χ4v) is 3.66. The lowest BCUT2D eigenvalue weighted by Crippen LogP contribution is -2.23. The average molecular weight is 375 g/mol. The van der Waals surface area contributed by atoms with E-state index in [0.29, 0.717) is 18.0 Å². The molecule has 0 saturated carbocycles.